The van der Waals surface area contributed by atoms with Gasteiger partial charge in [-0.2, -0.15) is 0 Å². The van der Waals surface area contributed by atoms with Crippen molar-refractivity contribution in [3.8, 4) is 0 Å². The van der Waals surface area contributed by atoms with E-state index in [4.69, 9.17) is 9.47 Å². The number of hydrogen-bond donors (Lipinski definition) is 0. The van der Waals surface area contributed by atoms with Crippen molar-refractivity contribution in [1.29, 1.82) is 0 Å². The molecule has 0 bridgehead atoms. The molecule has 1 rings (SSSR count). The highest BCUT2D eigenvalue weighted by Gasteiger charge is 2.10. The molecule has 0 unspecified atom stereocenters. The van der Waals surface area contributed by atoms with E-state index in [1.165, 1.54) is 0 Å². The van der Waals surface area contributed by atoms with Crippen LogP contribution in [0.5, 0.6) is 0 Å². The number of rotatable bonds is 2. The molecule has 1 heterocycles. The second-order valence-corrected chi connectivity index (χ2v) is 2.25. The van der Waals surface area contributed by atoms with Crippen LogP contribution in [0, 0.1) is 0 Å². The first kappa shape index (κ1) is 7.45. The van der Waals surface area contributed by atoms with Crippen LogP contribution in [-0.4, -0.2) is 13.2 Å². The maximum absolute atomic E-state index is 5.39. The van der Waals surface area contributed by atoms with Gasteiger partial charge in [0.2, 0.25) is 0 Å². The number of allylic oxidation sites excluding steroid dienone is 2. The molecule has 1 aliphatic rings. The fourth-order valence-corrected chi connectivity index (χ4v) is 1.09. The van der Waals surface area contributed by atoms with Gasteiger partial charge in [0.05, 0.1) is 0 Å². The van der Waals surface area contributed by atoms with E-state index in [9.17, 15) is 0 Å². The Balaban J connectivity index is 2.63. The van der Waals surface area contributed by atoms with Gasteiger partial charge in [-0.1, -0.05) is 13.8 Å². The maximum Gasteiger partial charge on any atom is 0.133 e. The van der Waals surface area contributed by atoms with Crippen molar-refractivity contribution in [3.63, 3.8) is 0 Å². The molecule has 0 amide bonds. The molecule has 1 aliphatic heterocycles. The summed E-state index contributed by atoms with van der Waals surface area (Å²) in [5, 5.41) is 0. The van der Waals surface area contributed by atoms with Gasteiger partial charge in [-0.05, 0) is 0 Å². The van der Waals surface area contributed by atoms with E-state index in [-0.39, 0.29) is 0 Å². The topological polar surface area (TPSA) is 18.5 Å². The van der Waals surface area contributed by atoms with Gasteiger partial charge in [0, 0.05) is 12.8 Å². The monoisotopic (exact) mass is 142 g/mol. The SMILES string of the molecule is CCC1=C(CC)OCCO1. The minimum Gasteiger partial charge on any atom is -0.491 e. The van der Waals surface area contributed by atoms with Crippen LogP contribution in [0.15, 0.2) is 11.5 Å². The van der Waals surface area contributed by atoms with Gasteiger partial charge in [-0.15, -0.1) is 0 Å². The molecule has 0 aromatic rings. The van der Waals surface area contributed by atoms with Crippen LogP contribution < -0.4 is 0 Å². The van der Waals surface area contributed by atoms with Crippen molar-refractivity contribution in [2.75, 3.05) is 13.2 Å². The average Bonchev–Trinajstić information content (AvgIpc) is 2.04. The summed E-state index contributed by atoms with van der Waals surface area (Å²) < 4.78 is 10.8. The molecule has 0 fully saturated rings. The van der Waals surface area contributed by atoms with Crippen LogP contribution in [0.4, 0.5) is 0 Å². The Labute approximate surface area is 61.8 Å². The van der Waals surface area contributed by atoms with Gasteiger partial charge >= 0.3 is 0 Å². The first-order valence-electron chi connectivity index (χ1n) is 3.86. The summed E-state index contributed by atoms with van der Waals surface area (Å²) >= 11 is 0. The molecule has 0 aromatic carbocycles. The maximum atomic E-state index is 5.39. The van der Waals surface area contributed by atoms with Crippen LogP contribution in [0.2, 0.25) is 0 Å². The van der Waals surface area contributed by atoms with Crippen molar-refractivity contribution in [2.24, 2.45) is 0 Å². The van der Waals surface area contributed by atoms with Crippen LogP contribution in [0.25, 0.3) is 0 Å². The van der Waals surface area contributed by atoms with E-state index in [0.29, 0.717) is 13.2 Å². The zero-order valence-electron chi connectivity index (χ0n) is 6.64. The highest BCUT2D eigenvalue weighted by atomic mass is 16.6. The molecule has 58 valence electrons. The first-order valence-corrected chi connectivity index (χ1v) is 3.86. The quantitative estimate of drug-likeness (QED) is 0.587. The standard InChI is InChI=1S/C8H14O2/c1-3-7-8(4-2)10-6-5-9-7/h3-6H2,1-2H3. The van der Waals surface area contributed by atoms with Crippen molar-refractivity contribution in [3.05, 3.63) is 11.5 Å². The lowest BCUT2D eigenvalue weighted by Crippen LogP contribution is -2.12. The van der Waals surface area contributed by atoms with Crippen LogP contribution in [-0.2, 0) is 9.47 Å². The van der Waals surface area contributed by atoms with Crippen molar-refractivity contribution in [2.45, 2.75) is 26.7 Å². The summed E-state index contributed by atoms with van der Waals surface area (Å²) in [7, 11) is 0. The molecule has 0 saturated carbocycles. The molecule has 2 nitrogen and oxygen atoms in total. The summed E-state index contributed by atoms with van der Waals surface area (Å²) in [6.07, 6.45) is 1.90. The van der Waals surface area contributed by atoms with E-state index < -0.39 is 0 Å². The van der Waals surface area contributed by atoms with Gasteiger partial charge < -0.3 is 9.47 Å². The highest BCUT2D eigenvalue weighted by molar-refractivity contribution is 5.02. The third-order valence-corrected chi connectivity index (χ3v) is 1.59. The van der Waals surface area contributed by atoms with E-state index in [1.807, 2.05) is 0 Å². The summed E-state index contributed by atoms with van der Waals surface area (Å²) in [6, 6.07) is 0. The van der Waals surface area contributed by atoms with E-state index >= 15 is 0 Å². The van der Waals surface area contributed by atoms with Crippen LogP contribution in [0.3, 0.4) is 0 Å². The predicted molar refractivity (Wildman–Crippen MR) is 39.5 cm³/mol. The zero-order valence-corrected chi connectivity index (χ0v) is 6.64. The van der Waals surface area contributed by atoms with Crippen molar-refractivity contribution >= 4 is 0 Å². The fraction of sp³-hybridized carbons (Fsp3) is 0.750. The predicted octanol–water partition coefficient (Wildman–Crippen LogP) is 2.06. The molecule has 2 heteroatoms. The minimum atomic E-state index is 0.715. The Morgan fingerprint density at radius 2 is 1.40 bits per heavy atom. The van der Waals surface area contributed by atoms with E-state index in [0.717, 1.165) is 24.4 Å². The summed E-state index contributed by atoms with van der Waals surface area (Å²) in [4.78, 5) is 0. The Morgan fingerprint density at radius 3 is 1.70 bits per heavy atom. The molecule has 0 spiro atoms. The molecular formula is C8H14O2. The second-order valence-electron chi connectivity index (χ2n) is 2.25. The molecule has 10 heavy (non-hydrogen) atoms. The van der Waals surface area contributed by atoms with E-state index in [2.05, 4.69) is 13.8 Å². The van der Waals surface area contributed by atoms with Crippen molar-refractivity contribution < 1.29 is 9.47 Å². The minimum absolute atomic E-state index is 0.715. The molecular weight excluding hydrogens is 128 g/mol. The summed E-state index contributed by atoms with van der Waals surface area (Å²) in [5.41, 5.74) is 0. The lowest BCUT2D eigenvalue weighted by atomic mass is 10.2. The van der Waals surface area contributed by atoms with E-state index in [1.54, 1.807) is 0 Å². The largest absolute Gasteiger partial charge is 0.491 e. The Kier molecular flexibility index (Phi) is 2.60. The van der Waals surface area contributed by atoms with Gasteiger partial charge in [-0.3, -0.25) is 0 Å². The van der Waals surface area contributed by atoms with Crippen LogP contribution in [0.1, 0.15) is 26.7 Å². The Bertz CT molecular complexity index is 122. The normalized spacial score (nSPS) is 18.2. The van der Waals surface area contributed by atoms with Gasteiger partial charge in [0.15, 0.2) is 0 Å². The van der Waals surface area contributed by atoms with Crippen LogP contribution >= 0.6 is 0 Å². The third kappa shape index (κ3) is 1.43. The summed E-state index contributed by atoms with van der Waals surface area (Å²) in [6.45, 7) is 5.60. The second kappa shape index (κ2) is 3.49. The summed E-state index contributed by atoms with van der Waals surface area (Å²) in [5.74, 6) is 2.07. The van der Waals surface area contributed by atoms with Gasteiger partial charge in [0.25, 0.3) is 0 Å². The Morgan fingerprint density at radius 1 is 1.00 bits per heavy atom. The zero-order chi connectivity index (χ0) is 7.40. The number of ether oxygens (including phenoxy) is 2. The van der Waals surface area contributed by atoms with Crippen molar-refractivity contribution in [1.82, 2.24) is 0 Å². The van der Waals surface area contributed by atoms with Gasteiger partial charge in [0.1, 0.15) is 24.7 Å². The fourth-order valence-electron chi connectivity index (χ4n) is 1.09. The lowest BCUT2D eigenvalue weighted by molar-refractivity contribution is 0.0550. The lowest BCUT2D eigenvalue weighted by Gasteiger charge is -2.20. The smallest absolute Gasteiger partial charge is 0.133 e. The molecule has 0 atom stereocenters. The molecule has 0 aliphatic carbocycles. The Hall–Kier alpha value is -0.660. The molecule has 0 aromatic heterocycles. The molecule has 0 radical (unpaired) electrons. The number of hydrogen-bond acceptors (Lipinski definition) is 2. The van der Waals surface area contributed by atoms with Gasteiger partial charge in [-0.25, -0.2) is 0 Å². The highest BCUT2D eigenvalue weighted by Crippen LogP contribution is 2.18. The third-order valence-electron chi connectivity index (χ3n) is 1.59. The first-order chi connectivity index (χ1) is 4.88. The average molecular weight is 142 g/mol. The molecule has 0 saturated heterocycles. The molecule has 0 N–H and O–H groups in total.